The molecular weight excluding hydrogens is 322 g/mol. The fourth-order valence-electron chi connectivity index (χ4n) is 2.25. The number of nitrogens with zero attached hydrogens (tertiary/aromatic N) is 1. The average molecular weight is 338 g/mol. The molecule has 0 saturated carbocycles. The van der Waals surface area contributed by atoms with Crippen LogP contribution in [0, 0.1) is 0 Å². The molecule has 1 unspecified atom stereocenters. The van der Waals surface area contributed by atoms with Crippen LogP contribution in [0.2, 0.25) is 0 Å². The van der Waals surface area contributed by atoms with Crippen molar-refractivity contribution in [2.45, 2.75) is 42.9 Å². The molecule has 17 heavy (non-hydrogen) atoms. The number of halogens is 1. The molecule has 6 heteroatoms. The SMILES string of the molecule is CCC1CCCCN1S(=O)(=O)c1ccc(Br)s1. The van der Waals surface area contributed by atoms with Crippen LogP contribution in [0.4, 0.5) is 0 Å². The minimum Gasteiger partial charge on any atom is -0.206 e. The molecule has 2 rings (SSSR count). The van der Waals surface area contributed by atoms with Crippen LogP contribution in [-0.2, 0) is 10.0 Å². The largest absolute Gasteiger partial charge is 0.252 e. The Balaban J connectivity index is 2.30. The summed E-state index contributed by atoms with van der Waals surface area (Å²) in [7, 11) is -3.28. The maximum atomic E-state index is 12.5. The van der Waals surface area contributed by atoms with E-state index in [-0.39, 0.29) is 6.04 Å². The zero-order valence-electron chi connectivity index (χ0n) is 9.73. The molecule has 1 aliphatic rings. The molecule has 1 saturated heterocycles. The monoisotopic (exact) mass is 337 g/mol. The van der Waals surface area contributed by atoms with Gasteiger partial charge in [0.2, 0.25) is 0 Å². The lowest BCUT2D eigenvalue weighted by molar-refractivity contribution is 0.247. The first-order valence-corrected chi connectivity index (χ1v) is 8.88. The smallest absolute Gasteiger partial charge is 0.206 e. The van der Waals surface area contributed by atoms with Crippen LogP contribution in [0.25, 0.3) is 0 Å². The first-order chi connectivity index (χ1) is 8.05. The molecule has 0 spiro atoms. The summed E-state index contributed by atoms with van der Waals surface area (Å²) in [6.45, 7) is 2.72. The Hall–Kier alpha value is 0.0900. The van der Waals surface area contributed by atoms with Gasteiger partial charge in [0.1, 0.15) is 4.21 Å². The Morgan fingerprint density at radius 3 is 2.82 bits per heavy atom. The number of thiophene rings is 1. The second-order valence-electron chi connectivity index (χ2n) is 4.23. The van der Waals surface area contributed by atoms with Gasteiger partial charge in [0.05, 0.1) is 3.79 Å². The molecule has 1 atom stereocenters. The first kappa shape index (κ1) is 13.5. The Morgan fingerprint density at radius 2 is 2.24 bits per heavy atom. The quantitative estimate of drug-likeness (QED) is 0.846. The van der Waals surface area contributed by atoms with Crippen LogP contribution in [-0.4, -0.2) is 25.3 Å². The maximum Gasteiger partial charge on any atom is 0.252 e. The van der Waals surface area contributed by atoms with Gasteiger partial charge in [-0.1, -0.05) is 13.3 Å². The van der Waals surface area contributed by atoms with E-state index in [1.807, 2.05) is 0 Å². The zero-order chi connectivity index (χ0) is 12.5. The molecule has 0 N–H and O–H groups in total. The summed E-state index contributed by atoms with van der Waals surface area (Å²) in [6.07, 6.45) is 4.00. The third kappa shape index (κ3) is 2.75. The Labute approximate surface area is 115 Å². The number of piperidine rings is 1. The summed E-state index contributed by atoms with van der Waals surface area (Å²) in [5.41, 5.74) is 0. The van der Waals surface area contributed by atoms with Crippen molar-refractivity contribution in [2.24, 2.45) is 0 Å². The van der Waals surface area contributed by atoms with E-state index in [0.29, 0.717) is 10.8 Å². The molecule has 1 fully saturated rings. The second-order valence-corrected chi connectivity index (χ2v) is 8.81. The van der Waals surface area contributed by atoms with Crippen molar-refractivity contribution in [2.75, 3.05) is 6.54 Å². The van der Waals surface area contributed by atoms with Crippen molar-refractivity contribution in [1.82, 2.24) is 4.31 Å². The Morgan fingerprint density at radius 1 is 1.47 bits per heavy atom. The summed E-state index contributed by atoms with van der Waals surface area (Å²) in [5.74, 6) is 0. The fraction of sp³-hybridized carbons (Fsp3) is 0.636. The molecule has 1 aliphatic heterocycles. The molecule has 0 aliphatic carbocycles. The molecule has 1 aromatic rings. The third-order valence-corrected chi connectivity index (χ3v) is 7.20. The van der Waals surface area contributed by atoms with Crippen molar-refractivity contribution in [3.05, 3.63) is 15.9 Å². The maximum absolute atomic E-state index is 12.5. The fourth-order valence-corrected chi connectivity index (χ4v) is 6.16. The summed E-state index contributed by atoms with van der Waals surface area (Å²) in [4.78, 5) is 0. The molecule has 2 heterocycles. The van der Waals surface area contributed by atoms with Gasteiger partial charge in [-0.15, -0.1) is 11.3 Å². The highest BCUT2D eigenvalue weighted by atomic mass is 79.9. The summed E-state index contributed by atoms with van der Waals surface area (Å²) in [5, 5.41) is 0. The van der Waals surface area contributed by atoms with Crippen molar-refractivity contribution in [3.63, 3.8) is 0 Å². The highest BCUT2D eigenvalue weighted by Crippen LogP contribution is 2.32. The third-order valence-electron chi connectivity index (χ3n) is 3.16. The predicted octanol–water partition coefficient (Wildman–Crippen LogP) is 3.46. The molecule has 0 radical (unpaired) electrons. The standard InChI is InChI=1S/C11H16BrNO2S2/c1-2-9-5-3-4-8-13(9)17(14,15)11-7-6-10(12)16-11/h6-7,9H,2-5,8H2,1H3. The van der Waals surface area contributed by atoms with E-state index in [9.17, 15) is 8.42 Å². The zero-order valence-corrected chi connectivity index (χ0v) is 12.9. The van der Waals surface area contributed by atoms with E-state index >= 15 is 0 Å². The average Bonchev–Trinajstić information content (AvgIpc) is 2.76. The van der Waals surface area contributed by atoms with Gasteiger partial charge in [-0.25, -0.2) is 8.42 Å². The van der Waals surface area contributed by atoms with E-state index in [1.54, 1.807) is 16.4 Å². The van der Waals surface area contributed by atoms with Crippen molar-refractivity contribution >= 4 is 37.3 Å². The summed E-state index contributed by atoms with van der Waals surface area (Å²) in [6, 6.07) is 3.66. The molecule has 0 amide bonds. The molecule has 1 aromatic heterocycles. The van der Waals surface area contributed by atoms with Gasteiger partial charge in [-0.2, -0.15) is 4.31 Å². The lowest BCUT2D eigenvalue weighted by Gasteiger charge is -2.33. The van der Waals surface area contributed by atoms with Crippen molar-refractivity contribution in [3.8, 4) is 0 Å². The lowest BCUT2D eigenvalue weighted by Crippen LogP contribution is -2.42. The molecule has 0 aromatic carbocycles. The minimum atomic E-state index is -3.28. The highest BCUT2D eigenvalue weighted by Gasteiger charge is 2.33. The number of sulfonamides is 1. The van der Waals surface area contributed by atoms with Crippen LogP contribution in [0.5, 0.6) is 0 Å². The molecule has 96 valence electrons. The normalized spacial score (nSPS) is 22.8. The summed E-state index contributed by atoms with van der Waals surface area (Å²) < 4.78 is 28.0. The van der Waals surface area contributed by atoms with Crippen LogP contribution >= 0.6 is 27.3 Å². The van der Waals surface area contributed by atoms with E-state index in [1.165, 1.54) is 11.3 Å². The Bertz CT molecular complexity index is 483. The molecular formula is C11H16BrNO2S2. The molecule has 3 nitrogen and oxygen atoms in total. The van der Waals surface area contributed by atoms with Gasteiger partial charge in [0.15, 0.2) is 0 Å². The highest BCUT2D eigenvalue weighted by molar-refractivity contribution is 9.11. The van der Waals surface area contributed by atoms with Gasteiger partial charge < -0.3 is 0 Å². The molecule has 0 bridgehead atoms. The first-order valence-electron chi connectivity index (χ1n) is 5.83. The predicted molar refractivity (Wildman–Crippen MR) is 73.8 cm³/mol. The lowest BCUT2D eigenvalue weighted by atomic mass is 10.0. The van der Waals surface area contributed by atoms with Gasteiger partial charge in [-0.3, -0.25) is 0 Å². The van der Waals surface area contributed by atoms with Gasteiger partial charge in [0, 0.05) is 12.6 Å². The Kier molecular flexibility index (Phi) is 4.28. The van der Waals surface area contributed by atoms with E-state index in [4.69, 9.17) is 0 Å². The van der Waals surface area contributed by atoms with Crippen molar-refractivity contribution in [1.29, 1.82) is 0 Å². The summed E-state index contributed by atoms with van der Waals surface area (Å²) >= 11 is 4.60. The van der Waals surface area contributed by atoms with E-state index < -0.39 is 10.0 Å². The second kappa shape index (κ2) is 5.38. The van der Waals surface area contributed by atoms with Gasteiger partial charge in [-0.05, 0) is 47.3 Å². The van der Waals surface area contributed by atoms with Gasteiger partial charge in [0.25, 0.3) is 10.0 Å². The van der Waals surface area contributed by atoms with Gasteiger partial charge >= 0.3 is 0 Å². The topological polar surface area (TPSA) is 37.4 Å². The van der Waals surface area contributed by atoms with Crippen molar-refractivity contribution < 1.29 is 8.42 Å². The number of hydrogen-bond acceptors (Lipinski definition) is 3. The van der Waals surface area contributed by atoms with Crippen LogP contribution in [0.3, 0.4) is 0 Å². The van der Waals surface area contributed by atoms with Crippen LogP contribution in [0.15, 0.2) is 20.1 Å². The van der Waals surface area contributed by atoms with Crippen LogP contribution < -0.4 is 0 Å². The minimum absolute atomic E-state index is 0.176. The number of rotatable bonds is 3. The van der Waals surface area contributed by atoms with E-state index in [2.05, 4.69) is 22.9 Å². The number of hydrogen-bond donors (Lipinski definition) is 0. The van der Waals surface area contributed by atoms with E-state index in [0.717, 1.165) is 29.5 Å². The van der Waals surface area contributed by atoms with Crippen LogP contribution in [0.1, 0.15) is 32.6 Å².